The second-order valence-corrected chi connectivity index (χ2v) is 19.0. The zero-order chi connectivity index (χ0) is 34.2. The summed E-state index contributed by atoms with van der Waals surface area (Å²) in [5, 5.41) is 11.3. The van der Waals surface area contributed by atoms with Crippen molar-refractivity contribution in [3.8, 4) is 0 Å². The highest BCUT2D eigenvalue weighted by atomic mass is 35.5. The van der Waals surface area contributed by atoms with Gasteiger partial charge in [-0.05, 0) is 81.0 Å². The van der Waals surface area contributed by atoms with Crippen LogP contribution in [0.15, 0.2) is 48.5 Å². The summed E-state index contributed by atoms with van der Waals surface area (Å²) < 4.78 is 52.6. The third kappa shape index (κ3) is 7.99. The van der Waals surface area contributed by atoms with Crippen LogP contribution in [-0.2, 0) is 29.4 Å². The van der Waals surface area contributed by atoms with Crippen LogP contribution in [0, 0.1) is 5.41 Å². The van der Waals surface area contributed by atoms with Crippen molar-refractivity contribution in [1.82, 2.24) is 14.5 Å². The van der Waals surface area contributed by atoms with Crippen LogP contribution in [0.25, 0.3) is 0 Å². The summed E-state index contributed by atoms with van der Waals surface area (Å²) in [7, 11) is -6.79. The predicted molar refractivity (Wildman–Crippen MR) is 183 cm³/mol. The quantitative estimate of drug-likeness (QED) is 0.298. The standard InChI is InChI=1S/C33H43Cl2N3O7S2/c1-3-27(22-36-47(44,45)32(2)11-12-32)38-30(23-7-9-25(34)10-8-23)28(24-5-4-6-26(35)19-24)20-33(31(38)41,21-29(39)40)13-14-37-15-17-46(42,43)18-16-37/h4-10,19,27-28,30,36H,3,11-18,20-22H2,1-2H3,(H,39,40). The van der Waals surface area contributed by atoms with E-state index in [2.05, 4.69) is 4.72 Å². The number of rotatable bonds is 13. The number of piperidine rings is 1. The number of sulfonamides is 1. The van der Waals surface area contributed by atoms with Crippen molar-refractivity contribution in [3.05, 3.63) is 69.7 Å². The molecule has 0 bridgehead atoms. The van der Waals surface area contributed by atoms with Crippen LogP contribution in [-0.4, -0.2) is 92.1 Å². The summed E-state index contributed by atoms with van der Waals surface area (Å²) in [5.74, 6) is -1.85. The fourth-order valence-corrected chi connectivity index (χ4v) is 10.0. The topological polar surface area (TPSA) is 141 Å². The van der Waals surface area contributed by atoms with Crippen molar-refractivity contribution >= 4 is 54.9 Å². The van der Waals surface area contributed by atoms with Crippen molar-refractivity contribution in [2.75, 3.05) is 37.7 Å². The Morgan fingerprint density at radius 2 is 1.72 bits per heavy atom. The average molecular weight is 729 g/mol. The minimum atomic E-state index is -3.66. The van der Waals surface area contributed by atoms with Gasteiger partial charge in [-0.2, -0.15) is 0 Å². The molecule has 1 aliphatic carbocycles. The summed E-state index contributed by atoms with van der Waals surface area (Å²) in [6.07, 6.45) is 1.49. The normalized spacial score (nSPS) is 26.6. The molecular formula is C33H43Cl2N3O7S2. The summed E-state index contributed by atoms with van der Waals surface area (Å²) in [6.45, 7) is 4.54. The highest BCUT2D eigenvalue weighted by molar-refractivity contribution is 7.91. The predicted octanol–water partition coefficient (Wildman–Crippen LogP) is 4.88. The van der Waals surface area contributed by atoms with Gasteiger partial charge in [0.05, 0.1) is 34.1 Å². The van der Waals surface area contributed by atoms with E-state index >= 15 is 4.79 Å². The maximum atomic E-state index is 15.1. The Bertz CT molecular complexity index is 1690. The van der Waals surface area contributed by atoms with E-state index in [0.717, 1.165) is 11.1 Å². The smallest absolute Gasteiger partial charge is 0.304 e. The van der Waals surface area contributed by atoms with E-state index in [4.69, 9.17) is 23.2 Å². The number of carbonyl (C=O) groups excluding carboxylic acids is 1. The minimum absolute atomic E-state index is 0.0136. The zero-order valence-electron chi connectivity index (χ0n) is 26.7. The number of carboxylic acids is 1. The molecule has 10 nitrogen and oxygen atoms in total. The molecule has 14 heteroatoms. The number of halogens is 2. The second kappa shape index (κ2) is 14.0. The van der Waals surface area contributed by atoms with E-state index < -0.39 is 60.4 Å². The zero-order valence-corrected chi connectivity index (χ0v) is 29.8. The molecule has 5 rings (SSSR count). The summed E-state index contributed by atoms with van der Waals surface area (Å²) >= 11 is 12.8. The van der Waals surface area contributed by atoms with Gasteiger partial charge in [0.25, 0.3) is 0 Å². The number of nitrogens with one attached hydrogen (secondary N) is 1. The number of aliphatic carboxylic acids is 1. The van der Waals surface area contributed by atoms with Crippen molar-refractivity contribution in [3.63, 3.8) is 0 Å². The first-order chi connectivity index (χ1) is 22.1. The largest absolute Gasteiger partial charge is 0.481 e. The summed E-state index contributed by atoms with van der Waals surface area (Å²) in [5.41, 5.74) is 0.260. The lowest BCUT2D eigenvalue weighted by atomic mass is 9.64. The molecule has 2 saturated heterocycles. The molecule has 1 saturated carbocycles. The molecular weight excluding hydrogens is 685 g/mol. The van der Waals surface area contributed by atoms with Crippen LogP contribution in [0.2, 0.25) is 10.0 Å². The van der Waals surface area contributed by atoms with Gasteiger partial charge in [0.2, 0.25) is 15.9 Å². The van der Waals surface area contributed by atoms with Gasteiger partial charge in [-0.1, -0.05) is 54.4 Å². The van der Waals surface area contributed by atoms with Crippen molar-refractivity contribution in [2.24, 2.45) is 5.41 Å². The highest BCUT2D eigenvalue weighted by Gasteiger charge is 2.55. The number of carbonyl (C=O) groups is 2. The van der Waals surface area contributed by atoms with Gasteiger partial charge >= 0.3 is 5.97 Å². The van der Waals surface area contributed by atoms with Crippen molar-refractivity contribution in [1.29, 1.82) is 0 Å². The molecule has 4 atom stereocenters. The lowest BCUT2D eigenvalue weighted by Gasteiger charge is -2.53. The van der Waals surface area contributed by atoms with Gasteiger partial charge in [-0.15, -0.1) is 0 Å². The molecule has 0 spiro atoms. The van der Waals surface area contributed by atoms with Gasteiger partial charge < -0.3 is 14.9 Å². The minimum Gasteiger partial charge on any atom is -0.481 e. The number of carboxylic acid groups (broad SMARTS) is 1. The number of hydrogen-bond donors (Lipinski definition) is 2. The third-order valence-corrected chi connectivity index (χ3v) is 14.6. The molecule has 1 amide bonds. The molecule has 47 heavy (non-hydrogen) atoms. The average Bonchev–Trinajstić information content (AvgIpc) is 3.78. The summed E-state index contributed by atoms with van der Waals surface area (Å²) in [4.78, 5) is 31.4. The summed E-state index contributed by atoms with van der Waals surface area (Å²) in [6, 6.07) is 13.4. The van der Waals surface area contributed by atoms with E-state index in [1.807, 2.05) is 42.2 Å². The van der Waals surface area contributed by atoms with E-state index in [1.54, 1.807) is 30.0 Å². The van der Waals surface area contributed by atoms with Crippen molar-refractivity contribution < 1.29 is 31.5 Å². The molecule has 2 heterocycles. The Balaban J connectivity index is 1.61. The number of benzene rings is 2. The third-order valence-electron chi connectivity index (χ3n) is 10.3. The van der Waals surface area contributed by atoms with Crippen LogP contribution < -0.4 is 4.72 Å². The maximum Gasteiger partial charge on any atom is 0.304 e. The first-order valence-corrected chi connectivity index (χ1v) is 20.1. The van der Waals surface area contributed by atoms with Crippen LogP contribution in [0.4, 0.5) is 0 Å². The Morgan fingerprint density at radius 3 is 2.30 bits per heavy atom. The number of likely N-dealkylation sites (tertiary alicyclic amines) is 1. The lowest BCUT2D eigenvalue weighted by molar-refractivity contribution is -0.163. The molecule has 258 valence electrons. The molecule has 2 N–H and O–H groups in total. The highest BCUT2D eigenvalue weighted by Crippen LogP contribution is 2.54. The van der Waals surface area contributed by atoms with Crippen LogP contribution in [0.3, 0.4) is 0 Å². The molecule has 3 aliphatic rings. The Labute approximate surface area is 287 Å². The Kier molecular flexibility index (Phi) is 10.7. The van der Waals surface area contributed by atoms with Crippen LogP contribution in [0.1, 0.15) is 75.5 Å². The molecule has 2 aromatic carbocycles. The Hall–Kier alpha value is -2.22. The molecule has 0 radical (unpaired) electrons. The number of sulfone groups is 1. The van der Waals surface area contributed by atoms with E-state index in [9.17, 15) is 26.7 Å². The van der Waals surface area contributed by atoms with Gasteiger partial charge in [0, 0.05) is 41.6 Å². The molecule has 3 fully saturated rings. The van der Waals surface area contributed by atoms with E-state index in [1.165, 1.54) is 0 Å². The maximum absolute atomic E-state index is 15.1. The Morgan fingerprint density at radius 1 is 1.06 bits per heavy atom. The SMILES string of the molecule is CCC(CNS(=O)(=O)C1(C)CC1)N1C(=O)C(CCN2CCS(=O)(=O)CC2)(CC(=O)O)CC(c2cccc(Cl)c2)C1c1ccc(Cl)cc1. The molecule has 2 aliphatic heterocycles. The van der Waals surface area contributed by atoms with Gasteiger partial charge in [0.1, 0.15) is 0 Å². The second-order valence-electron chi connectivity index (χ2n) is 13.5. The van der Waals surface area contributed by atoms with Crippen molar-refractivity contribution in [2.45, 2.75) is 75.1 Å². The fraction of sp³-hybridized carbons (Fsp3) is 0.576. The molecule has 2 aromatic rings. The number of hydrogen-bond acceptors (Lipinski definition) is 7. The first-order valence-electron chi connectivity index (χ1n) is 16.1. The van der Waals surface area contributed by atoms with Gasteiger partial charge in [-0.25, -0.2) is 21.6 Å². The van der Waals surface area contributed by atoms with E-state index in [0.29, 0.717) is 48.9 Å². The first kappa shape index (κ1) is 36.1. The van der Waals surface area contributed by atoms with Crippen LogP contribution in [0.5, 0.6) is 0 Å². The van der Waals surface area contributed by atoms with Crippen LogP contribution >= 0.6 is 23.2 Å². The van der Waals surface area contributed by atoms with Gasteiger partial charge in [0.15, 0.2) is 9.84 Å². The fourth-order valence-electron chi connectivity index (χ4n) is 7.04. The number of amides is 1. The monoisotopic (exact) mass is 727 g/mol. The number of nitrogens with zero attached hydrogens (tertiary/aromatic N) is 2. The lowest BCUT2D eigenvalue weighted by Crippen LogP contribution is -2.59. The van der Waals surface area contributed by atoms with E-state index in [-0.39, 0.29) is 36.8 Å². The molecule has 4 unspecified atom stereocenters. The van der Waals surface area contributed by atoms with Gasteiger partial charge in [-0.3, -0.25) is 9.59 Å². The molecule has 0 aromatic heterocycles.